The molecular weight excluding hydrogens is 365 g/mol. The lowest BCUT2D eigenvalue weighted by Gasteiger charge is -2.38. The van der Waals surface area contributed by atoms with Gasteiger partial charge in [0, 0.05) is 43.7 Å². The van der Waals surface area contributed by atoms with Crippen LogP contribution >= 0.6 is 11.8 Å². The van der Waals surface area contributed by atoms with Crippen molar-refractivity contribution in [2.75, 3.05) is 45.0 Å². The van der Waals surface area contributed by atoms with Gasteiger partial charge in [0.25, 0.3) is 0 Å². The molecule has 2 heterocycles. The number of carbonyl (C=O) groups excluding carboxylic acids is 2. The second kappa shape index (κ2) is 9.55. The van der Waals surface area contributed by atoms with E-state index in [1.807, 2.05) is 9.80 Å². The summed E-state index contributed by atoms with van der Waals surface area (Å²) in [7, 11) is 0. The lowest BCUT2D eigenvalue weighted by molar-refractivity contribution is -0.136. The van der Waals surface area contributed by atoms with Crippen LogP contribution in [0.15, 0.2) is 29.2 Å². The third-order valence-electron chi connectivity index (χ3n) is 5.39. The molecule has 148 valence electrons. The Hall–Kier alpha value is -1.60. The minimum atomic E-state index is -0.287. The van der Waals surface area contributed by atoms with Crippen LogP contribution in [0, 0.1) is 5.82 Å². The Balaban J connectivity index is 1.41. The fourth-order valence-electron chi connectivity index (χ4n) is 3.70. The van der Waals surface area contributed by atoms with Gasteiger partial charge in [-0.3, -0.25) is 14.5 Å². The molecule has 2 aliphatic rings. The van der Waals surface area contributed by atoms with E-state index in [-0.39, 0.29) is 23.4 Å². The normalized spacial score (nSPS) is 21.3. The Labute approximate surface area is 164 Å². The number of likely N-dealkylation sites (tertiary alicyclic amines) is 1. The van der Waals surface area contributed by atoms with Crippen molar-refractivity contribution in [3.8, 4) is 0 Å². The van der Waals surface area contributed by atoms with Crippen LogP contribution in [0.3, 0.4) is 0 Å². The molecule has 0 N–H and O–H groups in total. The van der Waals surface area contributed by atoms with Crippen LogP contribution in [0.5, 0.6) is 0 Å². The molecule has 5 nitrogen and oxygen atoms in total. The molecule has 7 heteroatoms. The zero-order valence-electron chi connectivity index (χ0n) is 15.9. The molecule has 2 aliphatic heterocycles. The van der Waals surface area contributed by atoms with Gasteiger partial charge < -0.3 is 9.80 Å². The summed E-state index contributed by atoms with van der Waals surface area (Å²) >= 11 is 1.24. The topological polar surface area (TPSA) is 43.9 Å². The molecule has 1 aromatic carbocycles. The molecule has 2 fully saturated rings. The largest absolute Gasteiger partial charge is 0.339 e. The predicted octanol–water partition coefficient (Wildman–Crippen LogP) is 2.46. The number of thioether (sulfide) groups is 1. The van der Waals surface area contributed by atoms with E-state index in [1.165, 1.54) is 24.2 Å². The third-order valence-corrected chi connectivity index (χ3v) is 6.43. The van der Waals surface area contributed by atoms with Crippen molar-refractivity contribution in [3.05, 3.63) is 30.1 Å². The smallest absolute Gasteiger partial charge is 0.236 e. The number of amides is 2. The van der Waals surface area contributed by atoms with Gasteiger partial charge in [-0.25, -0.2) is 4.39 Å². The van der Waals surface area contributed by atoms with E-state index in [0.717, 1.165) is 19.4 Å². The van der Waals surface area contributed by atoms with Gasteiger partial charge in [-0.1, -0.05) is 12.1 Å². The van der Waals surface area contributed by atoms with Gasteiger partial charge in [0.2, 0.25) is 11.8 Å². The minimum Gasteiger partial charge on any atom is -0.339 e. The maximum absolute atomic E-state index is 13.6. The molecule has 27 heavy (non-hydrogen) atoms. The molecule has 0 spiro atoms. The fourth-order valence-corrected chi connectivity index (χ4v) is 4.54. The van der Waals surface area contributed by atoms with Crippen molar-refractivity contribution in [1.82, 2.24) is 14.7 Å². The Morgan fingerprint density at radius 1 is 1.07 bits per heavy atom. The lowest BCUT2D eigenvalue weighted by Crippen LogP contribution is -2.53. The van der Waals surface area contributed by atoms with Crippen LogP contribution in [0.2, 0.25) is 0 Å². The van der Waals surface area contributed by atoms with E-state index in [9.17, 15) is 14.0 Å². The van der Waals surface area contributed by atoms with E-state index in [4.69, 9.17) is 0 Å². The number of piperidine rings is 1. The van der Waals surface area contributed by atoms with E-state index in [0.29, 0.717) is 43.7 Å². The summed E-state index contributed by atoms with van der Waals surface area (Å²) in [5.74, 6) is 0.187. The first-order valence-corrected chi connectivity index (χ1v) is 10.7. The van der Waals surface area contributed by atoms with Crippen molar-refractivity contribution in [3.63, 3.8) is 0 Å². The zero-order chi connectivity index (χ0) is 19.2. The molecule has 2 amide bonds. The standard InChI is InChI=1S/C20H28FN3O2S/c1-16-6-4-5-9-24(16)19(25)14-22-10-12-23(13-11-22)20(26)15-27-18-8-3-2-7-17(18)21/h2-3,7-8,16H,4-6,9-15H2,1H3. The number of halogens is 1. The van der Waals surface area contributed by atoms with E-state index >= 15 is 0 Å². The summed E-state index contributed by atoms with van der Waals surface area (Å²) in [5, 5.41) is 0. The highest BCUT2D eigenvalue weighted by molar-refractivity contribution is 8.00. The average molecular weight is 394 g/mol. The summed E-state index contributed by atoms with van der Waals surface area (Å²) < 4.78 is 13.6. The van der Waals surface area contributed by atoms with Crippen molar-refractivity contribution in [2.45, 2.75) is 37.1 Å². The predicted molar refractivity (Wildman–Crippen MR) is 105 cm³/mol. The van der Waals surface area contributed by atoms with E-state index < -0.39 is 0 Å². The van der Waals surface area contributed by atoms with Crippen LogP contribution < -0.4 is 0 Å². The minimum absolute atomic E-state index is 0.0267. The van der Waals surface area contributed by atoms with E-state index in [1.54, 1.807) is 18.2 Å². The fraction of sp³-hybridized carbons (Fsp3) is 0.600. The summed E-state index contributed by atoms with van der Waals surface area (Å²) in [5.41, 5.74) is 0. The molecule has 0 aliphatic carbocycles. The highest BCUT2D eigenvalue weighted by Gasteiger charge is 2.27. The summed E-state index contributed by atoms with van der Waals surface area (Å²) in [6.07, 6.45) is 3.39. The average Bonchev–Trinajstić information content (AvgIpc) is 2.68. The Morgan fingerprint density at radius 3 is 2.52 bits per heavy atom. The monoisotopic (exact) mass is 393 g/mol. The molecule has 1 aromatic rings. The lowest BCUT2D eigenvalue weighted by atomic mass is 10.0. The zero-order valence-corrected chi connectivity index (χ0v) is 16.7. The van der Waals surface area contributed by atoms with Gasteiger partial charge in [0.05, 0.1) is 12.3 Å². The second-order valence-electron chi connectivity index (χ2n) is 7.31. The van der Waals surface area contributed by atoms with Gasteiger partial charge in [-0.2, -0.15) is 0 Å². The summed E-state index contributed by atoms with van der Waals surface area (Å²) in [6.45, 7) is 6.11. The number of nitrogens with zero attached hydrogens (tertiary/aromatic N) is 3. The van der Waals surface area contributed by atoms with Crippen molar-refractivity contribution in [1.29, 1.82) is 0 Å². The van der Waals surface area contributed by atoms with Gasteiger partial charge >= 0.3 is 0 Å². The summed E-state index contributed by atoms with van der Waals surface area (Å²) in [6, 6.07) is 6.86. The van der Waals surface area contributed by atoms with Crippen LogP contribution in [0.4, 0.5) is 4.39 Å². The van der Waals surface area contributed by atoms with Crippen molar-refractivity contribution in [2.24, 2.45) is 0 Å². The second-order valence-corrected chi connectivity index (χ2v) is 8.33. The Bertz CT molecular complexity index is 664. The first-order valence-electron chi connectivity index (χ1n) is 9.71. The number of carbonyl (C=O) groups is 2. The van der Waals surface area contributed by atoms with Crippen molar-refractivity contribution >= 4 is 23.6 Å². The van der Waals surface area contributed by atoms with Gasteiger partial charge in [-0.05, 0) is 38.3 Å². The summed E-state index contributed by atoms with van der Waals surface area (Å²) in [4.78, 5) is 31.4. The maximum atomic E-state index is 13.6. The highest BCUT2D eigenvalue weighted by Crippen LogP contribution is 2.22. The molecule has 0 radical (unpaired) electrons. The molecule has 1 unspecified atom stereocenters. The van der Waals surface area contributed by atoms with E-state index in [2.05, 4.69) is 11.8 Å². The quantitative estimate of drug-likeness (QED) is 0.721. The van der Waals surface area contributed by atoms with Gasteiger partial charge in [0.15, 0.2) is 0 Å². The van der Waals surface area contributed by atoms with Gasteiger partial charge in [-0.15, -0.1) is 11.8 Å². The number of hydrogen-bond acceptors (Lipinski definition) is 4. The molecule has 3 rings (SSSR count). The number of piperazine rings is 1. The van der Waals surface area contributed by atoms with Gasteiger partial charge in [0.1, 0.15) is 5.82 Å². The first kappa shape index (κ1) is 20.1. The van der Waals surface area contributed by atoms with Crippen LogP contribution in [-0.2, 0) is 9.59 Å². The molecule has 2 saturated heterocycles. The number of rotatable bonds is 5. The van der Waals surface area contributed by atoms with Crippen LogP contribution in [-0.4, -0.2) is 77.6 Å². The van der Waals surface area contributed by atoms with Crippen LogP contribution in [0.1, 0.15) is 26.2 Å². The number of benzene rings is 1. The molecule has 1 atom stereocenters. The third kappa shape index (κ3) is 5.45. The highest BCUT2D eigenvalue weighted by atomic mass is 32.2. The number of hydrogen-bond donors (Lipinski definition) is 0. The van der Waals surface area contributed by atoms with Crippen LogP contribution in [0.25, 0.3) is 0 Å². The molecule has 0 aromatic heterocycles. The Kier molecular flexibility index (Phi) is 7.13. The SMILES string of the molecule is CC1CCCCN1C(=O)CN1CCN(C(=O)CSc2ccccc2F)CC1. The first-order chi connectivity index (χ1) is 13.0. The molecule has 0 saturated carbocycles. The maximum Gasteiger partial charge on any atom is 0.236 e. The van der Waals surface area contributed by atoms with Crippen molar-refractivity contribution < 1.29 is 14.0 Å². The molecule has 0 bridgehead atoms. The molecular formula is C20H28FN3O2S. The Morgan fingerprint density at radius 2 is 1.81 bits per heavy atom.